The summed E-state index contributed by atoms with van der Waals surface area (Å²) in [6, 6.07) is 21.9. The molecule has 0 unspecified atom stereocenters. The van der Waals surface area contributed by atoms with Gasteiger partial charge < -0.3 is 9.88 Å². The second-order valence-electron chi connectivity index (χ2n) is 7.24. The Hall–Kier alpha value is -3.64. The topological polar surface area (TPSA) is 68.9 Å². The van der Waals surface area contributed by atoms with Gasteiger partial charge in [-0.25, -0.2) is 4.68 Å². The van der Waals surface area contributed by atoms with Crippen LogP contribution >= 0.6 is 11.6 Å². The molecule has 4 aromatic rings. The van der Waals surface area contributed by atoms with Crippen molar-refractivity contribution in [2.75, 3.05) is 5.32 Å². The number of aromatic nitrogens is 3. The van der Waals surface area contributed by atoms with Crippen molar-refractivity contribution in [1.29, 1.82) is 0 Å². The molecule has 6 nitrogen and oxygen atoms in total. The number of nitrogens with one attached hydrogen (secondary N) is 1. The molecule has 0 aliphatic heterocycles. The molecule has 0 fully saturated rings. The standard InChI is InChI=1S/C24H21ClN4O2/c1-17-13-22(29(27-17)14-18-7-3-2-4-8-18)26-24(31)20-11-12-23(30)28(16-20)15-19-9-5-6-10-21(19)25/h2-13,16H,14-15H2,1H3,(H,26,31). The lowest BCUT2D eigenvalue weighted by Crippen LogP contribution is -2.23. The maximum absolute atomic E-state index is 12.9. The van der Waals surface area contributed by atoms with Gasteiger partial charge in [-0.05, 0) is 30.2 Å². The Morgan fingerprint density at radius 1 is 1.00 bits per heavy atom. The Bertz CT molecular complexity index is 1280. The summed E-state index contributed by atoms with van der Waals surface area (Å²) in [5.41, 5.74) is 2.85. The maximum Gasteiger partial charge on any atom is 0.258 e. The Kier molecular flexibility index (Phi) is 6.00. The number of aryl methyl sites for hydroxylation is 1. The van der Waals surface area contributed by atoms with Crippen molar-refractivity contribution in [3.8, 4) is 0 Å². The zero-order valence-electron chi connectivity index (χ0n) is 17.0. The quantitative estimate of drug-likeness (QED) is 0.492. The second kappa shape index (κ2) is 9.02. The summed E-state index contributed by atoms with van der Waals surface area (Å²) in [7, 11) is 0. The molecule has 1 N–H and O–H groups in total. The van der Waals surface area contributed by atoms with Gasteiger partial charge in [-0.1, -0.05) is 60.1 Å². The fraction of sp³-hybridized carbons (Fsp3) is 0.125. The van der Waals surface area contributed by atoms with E-state index in [-0.39, 0.29) is 18.0 Å². The zero-order valence-corrected chi connectivity index (χ0v) is 17.7. The van der Waals surface area contributed by atoms with E-state index < -0.39 is 0 Å². The Morgan fingerprint density at radius 2 is 1.74 bits per heavy atom. The summed E-state index contributed by atoms with van der Waals surface area (Å²) in [6.45, 7) is 2.70. The molecule has 2 aromatic carbocycles. The molecule has 0 radical (unpaired) electrons. The van der Waals surface area contributed by atoms with Crippen molar-refractivity contribution in [2.45, 2.75) is 20.0 Å². The minimum atomic E-state index is -0.317. The average molecular weight is 433 g/mol. The van der Waals surface area contributed by atoms with Crippen LogP contribution < -0.4 is 10.9 Å². The molecule has 0 aliphatic carbocycles. The van der Waals surface area contributed by atoms with Crippen LogP contribution in [0.25, 0.3) is 0 Å². The maximum atomic E-state index is 12.9. The third-order valence-corrected chi connectivity index (χ3v) is 5.23. The number of hydrogen-bond donors (Lipinski definition) is 1. The van der Waals surface area contributed by atoms with E-state index in [0.29, 0.717) is 22.9 Å². The molecule has 7 heteroatoms. The van der Waals surface area contributed by atoms with Crippen LogP contribution in [-0.2, 0) is 13.1 Å². The molecule has 4 rings (SSSR count). The monoisotopic (exact) mass is 432 g/mol. The molecule has 1 amide bonds. The van der Waals surface area contributed by atoms with Crippen molar-refractivity contribution in [3.63, 3.8) is 0 Å². The van der Waals surface area contributed by atoms with Gasteiger partial charge in [0.05, 0.1) is 24.3 Å². The van der Waals surface area contributed by atoms with Crippen LogP contribution in [0.4, 0.5) is 5.82 Å². The predicted octanol–water partition coefficient (Wildman–Crippen LogP) is 4.36. The minimum Gasteiger partial charge on any atom is -0.310 e. The number of hydrogen-bond acceptors (Lipinski definition) is 3. The number of anilines is 1. The Balaban J connectivity index is 1.56. The Morgan fingerprint density at radius 3 is 2.52 bits per heavy atom. The lowest BCUT2D eigenvalue weighted by atomic mass is 10.2. The summed E-state index contributed by atoms with van der Waals surface area (Å²) in [5, 5.41) is 7.97. The highest BCUT2D eigenvalue weighted by Gasteiger charge is 2.13. The van der Waals surface area contributed by atoms with E-state index in [1.807, 2.05) is 61.5 Å². The first kappa shape index (κ1) is 20.6. The molecular weight excluding hydrogens is 412 g/mol. The highest BCUT2D eigenvalue weighted by Crippen LogP contribution is 2.17. The predicted molar refractivity (Wildman–Crippen MR) is 122 cm³/mol. The molecule has 0 bridgehead atoms. The summed E-state index contributed by atoms with van der Waals surface area (Å²) in [6.07, 6.45) is 1.55. The molecular formula is C24H21ClN4O2. The summed E-state index contributed by atoms with van der Waals surface area (Å²) in [4.78, 5) is 25.2. The van der Waals surface area contributed by atoms with Crippen LogP contribution in [0.1, 0.15) is 27.2 Å². The van der Waals surface area contributed by atoms with Gasteiger partial charge in [0.25, 0.3) is 11.5 Å². The van der Waals surface area contributed by atoms with Crippen LogP contribution in [0, 0.1) is 6.92 Å². The number of carbonyl (C=O) groups excluding carboxylic acids is 1. The molecule has 0 saturated heterocycles. The van der Waals surface area contributed by atoms with Gasteiger partial charge in [0.1, 0.15) is 5.82 Å². The van der Waals surface area contributed by atoms with Gasteiger partial charge in [-0.15, -0.1) is 0 Å². The summed E-state index contributed by atoms with van der Waals surface area (Å²) < 4.78 is 3.23. The number of rotatable bonds is 6. The minimum absolute atomic E-state index is 0.207. The number of benzene rings is 2. The van der Waals surface area contributed by atoms with Gasteiger partial charge in [0.15, 0.2) is 0 Å². The van der Waals surface area contributed by atoms with E-state index in [0.717, 1.165) is 16.8 Å². The van der Waals surface area contributed by atoms with Crippen molar-refractivity contribution in [1.82, 2.24) is 14.3 Å². The molecule has 0 spiro atoms. The first-order valence-electron chi connectivity index (χ1n) is 9.83. The van der Waals surface area contributed by atoms with Crippen molar-refractivity contribution < 1.29 is 4.79 Å². The number of amides is 1. The van der Waals surface area contributed by atoms with E-state index >= 15 is 0 Å². The van der Waals surface area contributed by atoms with Crippen molar-refractivity contribution in [2.24, 2.45) is 0 Å². The summed E-state index contributed by atoms with van der Waals surface area (Å²) >= 11 is 6.22. The molecule has 156 valence electrons. The highest BCUT2D eigenvalue weighted by atomic mass is 35.5. The molecule has 0 aliphatic rings. The third-order valence-electron chi connectivity index (χ3n) is 4.86. The van der Waals surface area contributed by atoms with Crippen LogP contribution in [-0.4, -0.2) is 20.3 Å². The first-order chi connectivity index (χ1) is 15.0. The third kappa shape index (κ3) is 4.92. The highest BCUT2D eigenvalue weighted by molar-refractivity contribution is 6.31. The van der Waals surface area contributed by atoms with Gasteiger partial charge in [-0.3, -0.25) is 9.59 Å². The zero-order chi connectivity index (χ0) is 21.8. The fourth-order valence-electron chi connectivity index (χ4n) is 3.31. The summed E-state index contributed by atoms with van der Waals surface area (Å²) in [5.74, 6) is 0.275. The fourth-order valence-corrected chi connectivity index (χ4v) is 3.51. The smallest absolute Gasteiger partial charge is 0.258 e. The van der Waals surface area contributed by atoms with E-state index in [1.165, 1.54) is 16.7 Å². The van der Waals surface area contributed by atoms with E-state index in [9.17, 15) is 9.59 Å². The van der Waals surface area contributed by atoms with Gasteiger partial charge in [-0.2, -0.15) is 5.10 Å². The van der Waals surface area contributed by atoms with Crippen LogP contribution in [0.5, 0.6) is 0 Å². The van der Waals surface area contributed by atoms with Gasteiger partial charge in [0, 0.05) is 23.4 Å². The second-order valence-corrected chi connectivity index (χ2v) is 7.65. The molecule has 0 saturated carbocycles. The van der Waals surface area contributed by atoms with Gasteiger partial charge >= 0.3 is 0 Å². The molecule has 31 heavy (non-hydrogen) atoms. The van der Waals surface area contributed by atoms with E-state index in [1.54, 1.807) is 16.9 Å². The van der Waals surface area contributed by atoms with Crippen LogP contribution in [0.15, 0.2) is 83.8 Å². The van der Waals surface area contributed by atoms with Crippen LogP contribution in [0.2, 0.25) is 5.02 Å². The molecule has 2 aromatic heterocycles. The number of nitrogens with zero attached hydrogens (tertiary/aromatic N) is 3. The largest absolute Gasteiger partial charge is 0.310 e. The molecule has 2 heterocycles. The van der Waals surface area contributed by atoms with Crippen LogP contribution in [0.3, 0.4) is 0 Å². The molecule has 0 atom stereocenters. The van der Waals surface area contributed by atoms with Gasteiger partial charge in [0.2, 0.25) is 0 Å². The lowest BCUT2D eigenvalue weighted by molar-refractivity contribution is 0.102. The lowest BCUT2D eigenvalue weighted by Gasteiger charge is -2.11. The number of halogens is 1. The Labute approximate surface area is 184 Å². The average Bonchev–Trinajstić information content (AvgIpc) is 3.10. The number of pyridine rings is 1. The first-order valence-corrected chi connectivity index (χ1v) is 10.2. The van der Waals surface area contributed by atoms with Crippen molar-refractivity contribution in [3.05, 3.63) is 117 Å². The van der Waals surface area contributed by atoms with Crippen molar-refractivity contribution >= 4 is 23.3 Å². The van der Waals surface area contributed by atoms with E-state index in [4.69, 9.17) is 11.6 Å². The van der Waals surface area contributed by atoms with E-state index in [2.05, 4.69) is 10.4 Å². The number of carbonyl (C=O) groups is 1. The normalized spacial score (nSPS) is 10.8. The SMILES string of the molecule is Cc1cc(NC(=O)c2ccc(=O)n(Cc3ccccc3Cl)c2)n(Cc2ccccc2)n1.